The van der Waals surface area contributed by atoms with E-state index in [1.165, 1.54) is 17.1 Å². The fourth-order valence-corrected chi connectivity index (χ4v) is 3.93. The number of nitrogens with one attached hydrogen (secondary N) is 2. The Morgan fingerprint density at radius 3 is 2.51 bits per heavy atom. The van der Waals surface area contributed by atoms with Gasteiger partial charge in [-0.3, -0.25) is 14.3 Å². The van der Waals surface area contributed by atoms with E-state index in [0.717, 1.165) is 23.3 Å². The number of carbonyl (C=O) groups is 2. The lowest BCUT2D eigenvalue weighted by atomic mass is 10.0. The lowest BCUT2D eigenvalue weighted by Gasteiger charge is -2.11. The Bertz CT molecular complexity index is 1700. The minimum Gasteiger partial charge on any atom is -0.467 e. The number of nitrogens with zero attached hydrogens (tertiary/aromatic N) is 5. The maximum Gasteiger partial charge on any atom is 0.433 e. The van der Waals surface area contributed by atoms with Gasteiger partial charge in [-0.1, -0.05) is 12.1 Å². The molecule has 0 aliphatic rings. The van der Waals surface area contributed by atoms with Gasteiger partial charge in [-0.25, -0.2) is 9.50 Å². The van der Waals surface area contributed by atoms with Gasteiger partial charge in [0.1, 0.15) is 5.76 Å². The molecule has 2 amide bonds. The highest BCUT2D eigenvalue weighted by atomic mass is 19.4. The van der Waals surface area contributed by atoms with Crippen LogP contribution in [0.25, 0.3) is 16.9 Å². The Kier molecular flexibility index (Phi) is 6.42. The number of aryl methyl sites for hydroxylation is 3. The largest absolute Gasteiger partial charge is 0.467 e. The summed E-state index contributed by atoms with van der Waals surface area (Å²) in [5.41, 5.74) is 0.872. The number of hydrogen-bond donors (Lipinski definition) is 2. The second-order valence-corrected chi connectivity index (χ2v) is 8.90. The summed E-state index contributed by atoms with van der Waals surface area (Å²) in [7, 11) is 1.55. The Labute approximate surface area is 219 Å². The molecule has 0 bridgehead atoms. The molecule has 0 atom stereocenters. The first-order chi connectivity index (χ1) is 18.5. The van der Waals surface area contributed by atoms with Crippen molar-refractivity contribution >= 4 is 23.1 Å². The first-order valence-electron chi connectivity index (χ1n) is 11.7. The second kappa shape index (κ2) is 9.74. The molecule has 0 radical (unpaired) electrons. The molecule has 0 unspecified atom stereocenters. The van der Waals surface area contributed by atoms with Gasteiger partial charge in [0, 0.05) is 24.9 Å². The van der Waals surface area contributed by atoms with Crippen molar-refractivity contribution in [3.05, 3.63) is 88.9 Å². The first-order valence-corrected chi connectivity index (χ1v) is 11.7. The summed E-state index contributed by atoms with van der Waals surface area (Å²) in [6.07, 6.45) is -1.91. The molecule has 4 aromatic heterocycles. The number of fused-ring (bicyclic) bond motifs is 1. The third-order valence-corrected chi connectivity index (χ3v) is 6.05. The summed E-state index contributed by atoms with van der Waals surface area (Å²) in [4.78, 5) is 30.0. The molecule has 200 valence electrons. The number of rotatable bonds is 6. The van der Waals surface area contributed by atoms with E-state index in [-0.39, 0.29) is 35.0 Å². The fourth-order valence-electron chi connectivity index (χ4n) is 3.93. The van der Waals surface area contributed by atoms with Gasteiger partial charge >= 0.3 is 6.18 Å². The molecule has 13 heteroatoms. The highest BCUT2D eigenvalue weighted by Gasteiger charge is 2.36. The van der Waals surface area contributed by atoms with E-state index in [2.05, 4.69) is 25.8 Å². The lowest BCUT2D eigenvalue weighted by molar-refractivity contribution is -0.142. The molecule has 5 aromatic rings. The minimum absolute atomic E-state index is 0.0522. The summed E-state index contributed by atoms with van der Waals surface area (Å²) in [6.45, 7) is 3.85. The van der Waals surface area contributed by atoms with Crippen LogP contribution in [0.15, 0.2) is 59.3 Å². The van der Waals surface area contributed by atoms with Crippen molar-refractivity contribution in [2.24, 2.45) is 7.05 Å². The quantitative estimate of drug-likeness (QED) is 0.328. The van der Waals surface area contributed by atoms with Crippen LogP contribution < -0.4 is 10.6 Å². The zero-order chi connectivity index (χ0) is 27.9. The van der Waals surface area contributed by atoms with E-state index in [0.29, 0.717) is 15.8 Å². The van der Waals surface area contributed by atoms with Crippen LogP contribution in [0.1, 0.15) is 43.6 Å². The number of alkyl halides is 3. The number of aromatic nitrogens is 5. The SMILES string of the molecule is Cc1ccc(-c2cc(C(F)(F)F)n3nc(C(=O)Nc4cn(C)nc4C(=O)NCc4ccco4)cc3n2)cc1C. The zero-order valence-corrected chi connectivity index (χ0v) is 21.0. The van der Waals surface area contributed by atoms with Gasteiger partial charge in [0.05, 0.1) is 24.2 Å². The number of carbonyl (C=O) groups excluding carboxylic acids is 2. The molecule has 0 fully saturated rings. The van der Waals surface area contributed by atoms with Gasteiger partial charge in [0.2, 0.25) is 0 Å². The molecule has 10 nitrogen and oxygen atoms in total. The topological polar surface area (TPSA) is 119 Å². The van der Waals surface area contributed by atoms with Crippen LogP contribution in [-0.4, -0.2) is 36.2 Å². The van der Waals surface area contributed by atoms with Crippen LogP contribution in [-0.2, 0) is 19.8 Å². The molecular formula is C26H22F3N7O3. The number of hydrogen-bond acceptors (Lipinski definition) is 6. The summed E-state index contributed by atoms with van der Waals surface area (Å²) >= 11 is 0. The van der Waals surface area contributed by atoms with Gasteiger partial charge in [-0.05, 0) is 49.2 Å². The van der Waals surface area contributed by atoms with Gasteiger partial charge in [0.25, 0.3) is 11.8 Å². The normalized spacial score (nSPS) is 11.6. The van der Waals surface area contributed by atoms with E-state index in [1.807, 2.05) is 13.8 Å². The van der Waals surface area contributed by atoms with Crippen molar-refractivity contribution in [2.75, 3.05) is 5.32 Å². The molecule has 0 aliphatic carbocycles. The van der Waals surface area contributed by atoms with Crippen LogP contribution in [0, 0.1) is 13.8 Å². The summed E-state index contributed by atoms with van der Waals surface area (Å²) in [6, 6.07) is 10.6. The monoisotopic (exact) mass is 537 g/mol. The molecule has 4 heterocycles. The second-order valence-electron chi connectivity index (χ2n) is 8.90. The predicted molar refractivity (Wildman–Crippen MR) is 134 cm³/mol. The molecule has 39 heavy (non-hydrogen) atoms. The third kappa shape index (κ3) is 5.23. The van der Waals surface area contributed by atoms with Gasteiger partial charge in [-0.2, -0.15) is 23.4 Å². The van der Waals surface area contributed by atoms with Crippen LogP contribution in [0.5, 0.6) is 0 Å². The maximum absolute atomic E-state index is 14.0. The average Bonchev–Trinajstić information content (AvgIpc) is 3.62. The molecule has 5 rings (SSSR count). The summed E-state index contributed by atoms with van der Waals surface area (Å²) < 4.78 is 49.0. The number of halogens is 3. The standard InChI is InChI=1S/C26H22F3N7O3/c1-14-6-7-16(9-15(14)2)18-10-21(26(27,28)29)36-22(31-18)11-19(33-36)24(37)32-20-13-35(3)34-23(20)25(38)30-12-17-5-4-8-39-17/h4-11,13H,12H2,1-3H3,(H,30,38)(H,32,37). The predicted octanol–water partition coefficient (Wildman–Crippen LogP) is 4.54. The van der Waals surface area contributed by atoms with Crippen molar-refractivity contribution in [1.82, 2.24) is 29.7 Å². The number of benzene rings is 1. The molecule has 0 spiro atoms. The highest BCUT2D eigenvalue weighted by molar-refractivity contribution is 6.07. The summed E-state index contributed by atoms with van der Waals surface area (Å²) in [5.74, 6) is -0.909. The van der Waals surface area contributed by atoms with Crippen molar-refractivity contribution < 1.29 is 27.2 Å². The number of anilines is 1. The molecule has 0 saturated carbocycles. The number of amides is 2. The maximum atomic E-state index is 14.0. The van der Waals surface area contributed by atoms with E-state index in [1.54, 1.807) is 37.4 Å². The molecular weight excluding hydrogens is 515 g/mol. The Balaban J connectivity index is 1.46. The van der Waals surface area contributed by atoms with Crippen molar-refractivity contribution in [1.29, 1.82) is 0 Å². The van der Waals surface area contributed by atoms with Crippen LogP contribution >= 0.6 is 0 Å². The lowest BCUT2D eigenvalue weighted by Crippen LogP contribution is -2.25. The average molecular weight is 538 g/mol. The van der Waals surface area contributed by atoms with Crippen molar-refractivity contribution in [3.63, 3.8) is 0 Å². The molecule has 2 N–H and O–H groups in total. The highest BCUT2D eigenvalue weighted by Crippen LogP contribution is 2.33. The van der Waals surface area contributed by atoms with Crippen molar-refractivity contribution in [3.8, 4) is 11.3 Å². The van der Waals surface area contributed by atoms with E-state index < -0.39 is 23.7 Å². The van der Waals surface area contributed by atoms with Crippen LogP contribution in [0.2, 0.25) is 0 Å². The van der Waals surface area contributed by atoms with Gasteiger partial charge in [0.15, 0.2) is 22.7 Å². The minimum atomic E-state index is -4.77. The molecule has 0 saturated heterocycles. The van der Waals surface area contributed by atoms with Crippen molar-refractivity contribution in [2.45, 2.75) is 26.6 Å². The molecule has 0 aliphatic heterocycles. The zero-order valence-electron chi connectivity index (χ0n) is 21.0. The Hall–Kier alpha value is -4.94. The first kappa shape index (κ1) is 25.7. The summed E-state index contributed by atoms with van der Waals surface area (Å²) in [5, 5.41) is 13.1. The van der Waals surface area contributed by atoms with Gasteiger partial charge < -0.3 is 15.1 Å². The van der Waals surface area contributed by atoms with E-state index in [9.17, 15) is 22.8 Å². The van der Waals surface area contributed by atoms with E-state index >= 15 is 0 Å². The van der Waals surface area contributed by atoms with Crippen LogP contribution in [0.4, 0.5) is 18.9 Å². The third-order valence-electron chi connectivity index (χ3n) is 6.05. The number of furan rings is 1. The Morgan fingerprint density at radius 2 is 1.82 bits per heavy atom. The van der Waals surface area contributed by atoms with Gasteiger partial charge in [-0.15, -0.1) is 0 Å². The smallest absolute Gasteiger partial charge is 0.433 e. The van der Waals surface area contributed by atoms with Crippen LogP contribution in [0.3, 0.4) is 0 Å². The molecule has 1 aromatic carbocycles. The fraction of sp³-hybridized carbons (Fsp3) is 0.192. The Morgan fingerprint density at radius 1 is 1.03 bits per heavy atom. The van der Waals surface area contributed by atoms with E-state index in [4.69, 9.17) is 4.42 Å².